The van der Waals surface area contributed by atoms with Gasteiger partial charge >= 0.3 is 0 Å². The highest BCUT2D eigenvalue weighted by Crippen LogP contribution is 2.36. The summed E-state index contributed by atoms with van der Waals surface area (Å²) in [5, 5.41) is 0. The molecule has 0 aliphatic carbocycles. The van der Waals surface area contributed by atoms with Gasteiger partial charge in [-0.3, -0.25) is 4.79 Å². The van der Waals surface area contributed by atoms with Crippen molar-refractivity contribution in [1.82, 2.24) is 0 Å². The predicted molar refractivity (Wildman–Crippen MR) is 94.6 cm³/mol. The lowest BCUT2D eigenvalue weighted by Gasteiger charge is -2.34. The van der Waals surface area contributed by atoms with Gasteiger partial charge in [-0.1, -0.05) is 88.0 Å². The van der Waals surface area contributed by atoms with Crippen LogP contribution in [0.1, 0.15) is 101 Å². The van der Waals surface area contributed by atoms with Crippen molar-refractivity contribution in [3.63, 3.8) is 0 Å². The van der Waals surface area contributed by atoms with Gasteiger partial charge in [0.05, 0.1) is 0 Å². The van der Waals surface area contributed by atoms with Crippen LogP contribution in [0.15, 0.2) is 0 Å². The van der Waals surface area contributed by atoms with Crippen molar-refractivity contribution in [2.45, 2.75) is 101 Å². The number of hydrogen-bond acceptors (Lipinski definition) is 1. The zero-order valence-corrected chi connectivity index (χ0v) is 16.2. The Labute approximate surface area is 134 Å². The summed E-state index contributed by atoms with van der Waals surface area (Å²) in [6.07, 6.45) is 7.43. The summed E-state index contributed by atoms with van der Waals surface area (Å²) in [5.41, 5.74) is 0.316. The topological polar surface area (TPSA) is 17.1 Å². The van der Waals surface area contributed by atoms with Gasteiger partial charge in [0.2, 0.25) is 0 Å². The van der Waals surface area contributed by atoms with Crippen molar-refractivity contribution in [3.8, 4) is 0 Å². The number of unbranched alkanes of at least 4 members (excludes halogenated alkanes) is 3. The van der Waals surface area contributed by atoms with E-state index in [1.54, 1.807) is 0 Å². The molecule has 1 nitrogen and oxygen atoms in total. The minimum Gasteiger partial charge on any atom is -0.299 e. The second-order valence-corrected chi connectivity index (χ2v) is 10.0. The van der Waals surface area contributed by atoms with E-state index in [9.17, 15) is 4.79 Å². The van der Waals surface area contributed by atoms with Gasteiger partial charge in [0.25, 0.3) is 0 Å². The van der Waals surface area contributed by atoms with Crippen molar-refractivity contribution in [1.29, 1.82) is 0 Å². The van der Waals surface area contributed by atoms with Crippen molar-refractivity contribution in [3.05, 3.63) is 0 Å². The summed E-state index contributed by atoms with van der Waals surface area (Å²) in [4.78, 5) is 12.7. The third-order valence-corrected chi connectivity index (χ3v) is 4.27. The lowest BCUT2D eigenvalue weighted by atomic mass is 9.69. The van der Waals surface area contributed by atoms with Gasteiger partial charge in [-0.05, 0) is 23.7 Å². The molecule has 1 unspecified atom stereocenters. The second-order valence-electron chi connectivity index (χ2n) is 10.0. The lowest BCUT2D eigenvalue weighted by molar-refractivity contribution is -0.134. The van der Waals surface area contributed by atoms with Crippen LogP contribution in [0, 0.1) is 22.2 Å². The number of hydrogen-bond donors (Lipinski definition) is 0. The van der Waals surface area contributed by atoms with Gasteiger partial charge < -0.3 is 0 Å². The summed E-state index contributed by atoms with van der Waals surface area (Å²) in [6, 6.07) is 0. The van der Waals surface area contributed by atoms with Crippen LogP contribution in [0.5, 0.6) is 0 Å². The molecule has 0 rings (SSSR count). The summed E-state index contributed by atoms with van der Waals surface area (Å²) in [6.45, 7) is 19.7. The number of rotatable bonds is 7. The van der Waals surface area contributed by atoms with Crippen LogP contribution in [-0.4, -0.2) is 5.78 Å². The molecule has 0 bridgehead atoms. The van der Waals surface area contributed by atoms with Crippen LogP contribution in [-0.2, 0) is 4.79 Å². The molecule has 0 aromatic rings. The molecule has 126 valence electrons. The molecule has 0 N–H and O–H groups in total. The Balaban J connectivity index is 4.26. The molecule has 1 heteroatoms. The van der Waals surface area contributed by atoms with E-state index in [0.717, 1.165) is 6.42 Å². The average Bonchev–Trinajstić information content (AvgIpc) is 2.22. The fraction of sp³-hybridized carbons (Fsp3) is 0.950. The second kappa shape index (κ2) is 7.79. The van der Waals surface area contributed by atoms with E-state index >= 15 is 0 Å². The largest absolute Gasteiger partial charge is 0.299 e. The highest BCUT2D eigenvalue weighted by atomic mass is 16.1. The summed E-state index contributed by atoms with van der Waals surface area (Å²) in [7, 11) is 0. The maximum atomic E-state index is 12.7. The predicted octanol–water partition coefficient (Wildman–Crippen LogP) is 6.65. The smallest absolute Gasteiger partial charge is 0.141 e. The van der Waals surface area contributed by atoms with Crippen LogP contribution < -0.4 is 0 Å². The number of Topliss-reactive ketones (excluding diaryl/α,β-unsaturated/α-hetero) is 1. The molecule has 0 aliphatic heterocycles. The Kier molecular flexibility index (Phi) is 7.67. The maximum absolute atomic E-state index is 12.7. The SMILES string of the molecule is CC(C)(C)CCCCCCC(C(=O)C(C)(C)C)C(C)(C)C. The van der Waals surface area contributed by atoms with Crippen LogP contribution in [0.2, 0.25) is 0 Å². The van der Waals surface area contributed by atoms with Gasteiger partial charge in [-0.15, -0.1) is 0 Å². The third kappa shape index (κ3) is 9.32. The van der Waals surface area contributed by atoms with Crippen molar-refractivity contribution in [2.75, 3.05) is 0 Å². The molecule has 0 saturated carbocycles. The standard InChI is InChI=1S/C20H40O/c1-18(2,3)15-13-11-10-12-14-16(19(4,5)6)17(21)20(7,8)9/h16H,10-15H2,1-9H3. The third-order valence-electron chi connectivity index (χ3n) is 4.27. The molecule has 0 saturated heterocycles. The minimum atomic E-state index is -0.218. The van der Waals surface area contributed by atoms with E-state index in [-0.39, 0.29) is 16.7 Å². The van der Waals surface area contributed by atoms with Crippen LogP contribution >= 0.6 is 0 Å². The summed E-state index contributed by atoms with van der Waals surface area (Å²) >= 11 is 0. The van der Waals surface area contributed by atoms with E-state index in [4.69, 9.17) is 0 Å². The first-order valence-electron chi connectivity index (χ1n) is 8.79. The molecule has 0 radical (unpaired) electrons. The molecule has 0 aromatic carbocycles. The molecule has 0 aliphatic rings. The van der Waals surface area contributed by atoms with Gasteiger partial charge in [-0.25, -0.2) is 0 Å². The Morgan fingerprint density at radius 1 is 0.762 bits per heavy atom. The quantitative estimate of drug-likeness (QED) is 0.481. The molecular formula is C20H40O. The van der Waals surface area contributed by atoms with Crippen molar-refractivity contribution in [2.24, 2.45) is 22.2 Å². The number of carbonyl (C=O) groups is 1. The first-order valence-corrected chi connectivity index (χ1v) is 8.79. The van der Waals surface area contributed by atoms with E-state index in [0.29, 0.717) is 11.2 Å². The minimum absolute atomic E-state index is 0.0791. The monoisotopic (exact) mass is 296 g/mol. The Morgan fingerprint density at radius 3 is 1.62 bits per heavy atom. The highest BCUT2D eigenvalue weighted by Gasteiger charge is 2.36. The molecule has 0 aromatic heterocycles. The first kappa shape index (κ1) is 20.7. The number of ketones is 1. The van der Waals surface area contributed by atoms with Crippen molar-refractivity contribution >= 4 is 5.78 Å². The average molecular weight is 297 g/mol. The summed E-state index contributed by atoms with van der Waals surface area (Å²) in [5.74, 6) is 0.629. The molecular weight excluding hydrogens is 256 g/mol. The molecule has 0 fully saturated rings. The van der Waals surface area contributed by atoms with Gasteiger partial charge in [0.1, 0.15) is 5.78 Å². The molecule has 0 spiro atoms. The first-order chi connectivity index (χ1) is 9.25. The Bertz CT molecular complexity index is 306. The van der Waals surface area contributed by atoms with E-state index in [1.165, 1.54) is 32.1 Å². The zero-order chi connectivity index (χ0) is 16.9. The lowest BCUT2D eigenvalue weighted by Crippen LogP contribution is -2.36. The molecule has 0 heterocycles. The van der Waals surface area contributed by atoms with E-state index < -0.39 is 0 Å². The fourth-order valence-electron chi connectivity index (χ4n) is 2.84. The van der Waals surface area contributed by atoms with E-state index in [1.807, 2.05) is 0 Å². The van der Waals surface area contributed by atoms with E-state index in [2.05, 4.69) is 62.3 Å². The molecule has 1 atom stereocenters. The number of carbonyl (C=O) groups excluding carboxylic acids is 1. The Hall–Kier alpha value is -0.330. The van der Waals surface area contributed by atoms with Crippen LogP contribution in [0.25, 0.3) is 0 Å². The maximum Gasteiger partial charge on any atom is 0.141 e. The van der Waals surface area contributed by atoms with Gasteiger partial charge in [0, 0.05) is 11.3 Å². The summed E-state index contributed by atoms with van der Waals surface area (Å²) < 4.78 is 0. The highest BCUT2D eigenvalue weighted by molar-refractivity contribution is 5.86. The molecule has 21 heavy (non-hydrogen) atoms. The van der Waals surface area contributed by atoms with Crippen LogP contribution in [0.4, 0.5) is 0 Å². The Morgan fingerprint density at radius 2 is 1.24 bits per heavy atom. The zero-order valence-electron chi connectivity index (χ0n) is 16.2. The van der Waals surface area contributed by atoms with Gasteiger partial charge in [0.15, 0.2) is 0 Å². The normalized spacial score (nSPS) is 15.1. The fourth-order valence-corrected chi connectivity index (χ4v) is 2.84. The van der Waals surface area contributed by atoms with Crippen LogP contribution in [0.3, 0.4) is 0 Å². The van der Waals surface area contributed by atoms with Crippen molar-refractivity contribution < 1.29 is 4.79 Å². The van der Waals surface area contributed by atoms with Gasteiger partial charge in [-0.2, -0.15) is 0 Å². The molecule has 0 amide bonds.